The number of sulfonamides is 1. The van der Waals surface area contributed by atoms with E-state index < -0.39 is 10.0 Å². The molecule has 2 rings (SSSR count). The fourth-order valence-electron chi connectivity index (χ4n) is 1.73. The molecule has 0 saturated heterocycles. The summed E-state index contributed by atoms with van der Waals surface area (Å²) in [7, 11) is -3.76. The van der Waals surface area contributed by atoms with Gasteiger partial charge in [-0.15, -0.1) is 0 Å². The predicted octanol–water partition coefficient (Wildman–Crippen LogP) is 3.67. The molecular weight excluding hydrogens is 399 g/mol. The first-order chi connectivity index (χ1) is 9.90. The molecule has 0 atom stereocenters. The first kappa shape index (κ1) is 16.7. The van der Waals surface area contributed by atoms with Gasteiger partial charge in [-0.25, -0.2) is 13.1 Å². The molecule has 1 N–H and O–H groups in total. The van der Waals surface area contributed by atoms with Gasteiger partial charge in [-0.1, -0.05) is 45.2 Å². The standard InChI is InChI=1S/C13H11BrCl2N2O2S/c14-10-6-11(15)13(12(16)7-10)21(19,20)18-5-3-9-2-1-4-17-8-9/h1-2,4,6-8,18H,3,5H2. The van der Waals surface area contributed by atoms with Crippen LogP contribution in [0.5, 0.6) is 0 Å². The minimum Gasteiger partial charge on any atom is -0.264 e. The Bertz CT molecular complexity index is 716. The third kappa shape index (κ3) is 4.40. The van der Waals surface area contributed by atoms with Crippen LogP contribution in [0.2, 0.25) is 10.0 Å². The van der Waals surface area contributed by atoms with Crippen molar-refractivity contribution in [3.63, 3.8) is 0 Å². The predicted molar refractivity (Wildman–Crippen MR) is 87.3 cm³/mol. The van der Waals surface area contributed by atoms with Crippen molar-refractivity contribution < 1.29 is 8.42 Å². The molecule has 0 aliphatic rings. The summed E-state index contributed by atoms with van der Waals surface area (Å²) < 4.78 is 27.6. The van der Waals surface area contributed by atoms with Crippen LogP contribution in [0.25, 0.3) is 0 Å². The minimum absolute atomic E-state index is 0.0725. The fraction of sp³-hybridized carbons (Fsp3) is 0.154. The van der Waals surface area contributed by atoms with Crippen LogP contribution < -0.4 is 4.72 Å². The highest BCUT2D eigenvalue weighted by molar-refractivity contribution is 9.10. The van der Waals surface area contributed by atoms with E-state index in [0.717, 1.165) is 5.56 Å². The number of hydrogen-bond donors (Lipinski definition) is 1. The Hall–Kier alpha value is -0.660. The molecule has 1 aromatic heterocycles. The van der Waals surface area contributed by atoms with Gasteiger partial charge in [0.1, 0.15) is 4.90 Å². The van der Waals surface area contributed by atoms with Gasteiger partial charge >= 0.3 is 0 Å². The average Bonchev–Trinajstić information content (AvgIpc) is 2.38. The van der Waals surface area contributed by atoms with Gasteiger partial charge in [-0.2, -0.15) is 0 Å². The Morgan fingerprint density at radius 2 is 1.90 bits per heavy atom. The van der Waals surface area contributed by atoms with Gasteiger partial charge in [-0.05, 0) is 30.2 Å². The maximum Gasteiger partial charge on any atom is 0.243 e. The molecule has 1 heterocycles. The zero-order chi connectivity index (χ0) is 15.5. The minimum atomic E-state index is -3.76. The molecule has 0 unspecified atom stereocenters. The molecule has 112 valence electrons. The van der Waals surface area contributed by atoms with Gasteiger partial charge < -0.3 is 0 Å². The summed E-state index contributed by atoms with van der Waals surface area (Å²) in [6.45, 7) is 0.233. The van der Waals surface area contributed by atoms with Crippen molar-refractivity contribution in [3.8, 4) is 0 Å². The topological polar surface area (TPSA) is 59.1 Å². The maximum absolute atomic E-state index is 12.3. The van der Waals surface area contributed by atoms with E-state index in [0.29, 0.717) is 10.9 Å². The molecule has 0 spiro atoms. The molecule has 4 nitrogen and oxygen atoms in total. The van der Waals surface area contributed by atoms with Crippen LogP contribution in [-0.4, -0.2) is 19.9 Å². The van der Waals surface area contributed by atoms with Crippen molar-refractivity contribution in [2.75, 3.05) is 6.54 Å². The summed E-state index contributed by atoms with van der Waals surface area (Å²) >= 11 is 15.1. The lowest BCUT2D eigenvalue weighted by molar-refractivity contribution is 0.581. The molecule has 1 aromatic carbocycles. The third-order valence-electron chi connectivity index (χ3n) is 2.66. The van der Waals surface area contributed by atoms with E-state index in [4.69, 9.17) is 23.2 Å². The Kier molecular flexibility index (Phi) is 5.62. The van der Waals surface area contributed by atoms with E-state index in [-0.39, 0.29) is 21.5 Å². The van der Waals surface area contributed by atoms with E-state index in [1.54, 1.807) is 18.5 Å². The molecule has 2 aromatic rings. The van der Waals surface area contributed by atoms with Crippen molar-refractivity contribution in [2.45, 2.75) is 11.3 Å². The van der Waals surface area contributed by atoms with E-state index in [1.165, 1.54) is 12.1 Å². The van der Waals surface area contributed by atoms with Gasteiger partial charge in [0.2, 0.25) is 10.0 Å². The Morgan fingerprint density at radius 1 is 1.24 bits per heavy atom. The largest absolute Gasteiger partial charge is 0.264 e. The summed E-state index contributed by atoms with van der Waals surface area (Å²) in [6, 6.07) is 6.65. The number of hydrogen-bond acceptors (Lipinski definition) is 3. The molecule has 0 radical (unpaired) electrons. The van der Waals surface area contributed by atoms with Gasteiger partial charge in [0.25, 0.3) is 0 Å². The van der Waals surface area contributed by atoms with Crippen LogP contribution in [0.3, 0.4) is 0 Å². The molecule has 0 aliphatic heterocycles. The third-order valence-corrected chi connectivity index (χ3v) is 5.50. The molecule has 0 saturated carbocycles. The van der Waals surface area contributed by atoms with Crippen LogP contribution in [-0.2, 0) is 16.4 Å². The van der Waals surface area contributed by atoms with Gasteiger partial charge in [0.15, 0.2) is 0 Å². The summed E-state index contributed by atoms with van der Waals surface area (Å²) in [6.07, 6.45) is 3.88. The van der Waals surface area contributed by atoms with Crippen LogP contribution in [0.4, 0.5) is 0 Å². The van der Waals surface area contributed by atoms with Crippen LogP contribution >= 0.6 is 39.1 Å². The lowest BCUT2D eigenvalue weighted by Gasteiger charge is -2.10. The first-order valence-corrected chi connectivity index (χ1v) is 8.96. The molecule has 0 bridgehead atoms. The number of benzene rings is 1. The molecular formula is C13H11BrCl2N2O2S. The van der Waals surface area contributed by atoms with E-state index in [9.17, 15) is 8.42 Å². The molecule has 0 aliphatic carbocycles. The Labute approximate surface area is 141 Å². The van der Waals surface area contributed by atoms with E-state index in [1.807, 2.05) is 6.07 Å². The van der Waals surface area contributed by atoms with Crippen LogP contribution in [0.15, 0.2) is 46.0 Å². The number of aromatic nitrogens is 1. The lowest BCUT2D eigenvalue weighted by Crippen LogP contribution is -2.26. The highest BCUT2D eigenvalue weighted by atomic mass is 79.9. The number of pyridine rings is 1. The smallest absolute Gasteiger partial charge is 0.243 e. The normalized spacial score (nSPS) is 11.6. The number of halogens is 3. The Balaban J connectivity index is 2.12. The summed E-state index contributed by atoms with van der Waals surface area (Å²) in [5.74, 6) is 0. The SMILES string of the molecule is O=S(=O)(NCCc1cccnc1)c1c(Cl)cc(Br)cc1Cl. The second-order valence-corrected chi connectivity index (χ2v) is 7.64. The average molecular weight is 410 g/mol. The van der Waals surface area contributed by atoms with Crippen LogP contribution in [0.1, 0.15) is 5.56 Å². The number of nitrogens with zero attached hydrogens (tertiary/aromatic N) is 1. The number of rotatable bonds is 5. The monoisotopic (exact) mass is 408 g/mol. The van der Waals surface area contributed by atoms with E-state index in [2.05, 4.69) is 25.6 Å². The molecule has 0 fully saturated rings. The molecule has 8 heteroatoms. The second kappa shape index (κ2) is 7.07. The zero-order valence-corrected chi connectivity index (χ0v) is 14.6. The fourth-order valence-corrected chi connectivity index (χ4v) is 4.70. The van der Waals surface area contributed by atoms with Crippen molar-refractivity contribution >= 4 is 49.2 Å². The highest BCUT2D eigenvalue weighted by Crippen LogP contribution is 2.32. The van der Waals surface area contributed by atoms with E-state index >= 15 is 0 Å². The van der Waals surface area contributed by atoms with Crippen molar-refractivity contribution in [1.29, 1.82) is 0 Å². The van der Waals surface area contributed by atoms with Gasteiger partial charge in [0, 0.05) is 23.4 Å². The second-order valence-electron chi connectivity index (χ2n) is 4.21. The van der Waals surface area contributed by atoms with Gasteiger partial charge in [-0.3, -0.25) is 4.98 Å². The van der Waals surface area contributed by atoms with Gasteiger partial charge in [0.05, 0.1) is 10.0 Å². The Morgan fingerprint density at radius 3 is 2.48 bits per heavy atom. The van der Waals surface area contributed by atoms with Crippen molar-refractivity contribution in [2.24, 2.45) is 0 Å². The summed E-state index contributed by atoms with van der Waals surface area (Å²) in [5.41, 5.74) is 0.938. The highest BCUT2D eigenvalue weighted by Gasteiger charge is 2.21. The first-order valence-electron chi connectivity index (χ1n) is 5.93. The van der Waals surface area contributed by atoms with Crippen LogP contribution in [0, 0.1) is 0 Å². The number of nitrogens with one attached hydrogen (secondary N) is 1. The molecule has 0 amide bonds. The van der Waals surface area contributed by atoms with Crippen molar-refractivity contribution in [3.05, 3.63) is 56.7 Å². The summed E-state index contributed by atoms with van der Waals surface area (Å²) in [5, 5.41) is 0.145. The lowest BCUT2D eigenvalue weighted by atomic mass is 10.2. The van der Waals surface area contributed by atoms with Crippen molar-refractivity contribution in [1.82, 2.24) is 9.71 Å². The maximum atomic E-state index is 12.3. The zero-order valence-electron chi connectivity index (χ0n) is 10.7. The molecule has 21 heavy (non-hydrogen) atoms. The quantitative estimate of drug-likeness (QED) is 0.819. The summed E-state index contributed by atoms with van der Waals surface area (Å²) in [4.78, 5) is 3.86.